The van der Waals surface area contributed by atoms with E-state index < -0.39 is 0 Å². The minimum absolute atomic E-state index is 0.142. The topological polar surface area (TPSA) is 50.7 Å². The maximum Gasteiger partial charge on any atom is 0.215 e. The Balaban J connectivity index is 1.38. The molecule has 0 spiro atoms. The molecule has 2 saturated heterocycles. The Labute approximate surface area is 171 Å². The first kappa shape index (κ1) is 19.1. The molecule has 2 aromatic rings. The lowest BCUT2D eigenvalue weighted by atomic mass is 9.96. The first-order valence-electron chi connectivity index (χ1n) is 9.96. The fraction of sp³-hybridized carbons (Fsp3) is 0.524. The highest BCUT2D eigenvalue weighted by Gasteiger charge is 2.29. The SMILES string of the molecule is COc1cc(N2CCC(Oc3ccc(N4CCCC4)cn3)C(C)C2)c(Cl)cn1. The third-order valence-electron chi connectivity index (χ3n) is 5.65. The Kier molecular flexibility index (Phi) is 5.76. The van der Waals surface area contributed by atoms with Gasteiger partial charge in [0.1, 0.15) is 6.10 Å². The van der Waals surface area contributed by atoms with Crippen LogP contribution in [-0.4, -0.2) is 49.4 Å². The summed E-state index contributed by atoms with van der Waals surface area (Å²) in [4.78, 5) is 13.4. The van der Waals surface area contributed by atoms with Crippen molar-refractivity contribution >= 4 is 23.0 Å². The summed E-state index contributed by atoms with van der Waals surface area (Å²) in [5.41, 5.74) is 2.15. The molecule has 28 heavy (non-hydrogen) atoms. The van der Waals surface area contributed by atoms with E-state index in [0.717, 1.165) is 38.3 Å². The molecule has 6 nitrogen and oxygen atoms in total. The molecule has 0 saturated carbocycles. The number of halogens is 1. The zero-order chi connectivity index (χ0) is 19.5. The molecule has 2 aliphatic heterocycles. The van der Waals surface area contributed by atoms with Crippen molar-refractivity contribution in [3.05, 3.63) is 35.6 Å². The largest absolute Gasteiger partial charge is 0.481 e. The van der Waals surface area contributed by atoms with Gasteiger partial charge in [0.25, 0.3) is 0 Å². The molecule has 0 bridgehead atoms. The van der Waals surface area contributed by atoms with Crippen molar-refractivity contribution in [2.45, 2.75) is 32.3 Å². The van der Waals surface area contributed by atoms with Crippen LogP contribution in [0.2, 0.25) is 5.02 Å². The first-order valence-corrected chi connectivity index (χ1v) is 10.3. The van der Waals surface area contributed by atoms with E-state index in [0.29, 0.717) is 22.7 Å². The van der Waals surface area contributed by atoms with Gasteiger partial charge in [0.05, 0.1) is 35.9 Å². The molecule has 0 amide bonds. The molecule has 2 unspecified atom stereocenters. The number of ether oxygens (including phenoxy) is 2. The Bertz CT molecular complexity index is 795. The van der Waals surface area contributed by atoms with Crippen LogP contribution in [0.3, 0.4) is 0 Å². The molecule has 0 aliphatic carbocycles. The van der Waals surface area contributed by atoms with Gasteiger partial charge in [0.15, 0.2) is 0 Å². The third-order valence-corrected chi connectivity index (χ3v) is 5.94. The normalized spacial score (nSPS) is 22.4. The van der Waals surface area contributed by atoms with Gasteiger partial charge in [-0.3, -0.25) is 0 Å². The Morgan fingerprint density at radius 1 is 1.04 bits per heavy atom. The van der Waals surface area contributed by atoms with Crippen molar-refractivity contribution in [2.24, 2.45) is 5.92 Å². The van der Waals surface area contributed by atoms with Crippen LogP contribution in [0.15, 0.2) is 30.6 Å². The average molecular weight is 403 g/mol. The second-order valence-corrected chi connectivity index (χ2v) is 8.00. The third kappa shape index (κ3) is 4.12. The van der Waals surface area contributed by atoms with Gasteiger partial charge in [-0.1, -0.05) is 18.5 Å². The fourth-order valence-electron chi connectivity index (χ4n) is 4.04. The van der Waals surface area contributed by atoms with Gasteiger partial charge in [0, 0.05) is 50.7 Å². The van der Waals surface area contributed by atoms with E-state index in [-0.39, 0.29) is 6.10 Å². The van der Waals surface area contributed by atoms with Crippen LogP contribution in [0.4, 0.5) is 11.4 Å². The van der Waals surface area contributed by atoms with E-state index in [1.807, 2.05) is 18.3 Å². The van der Waals surface area contributed by atoms with Crippen LogP contribution < -0.4 is 19.3 Å². The summed E-state index contributed by atoms with van der Waals surface area (Å²) in [5, 5.41) is 0.645. The second-order valence-electron chi connectivity index (χ2n) is 7.60. The molecule has 0 radical (unpaired) electrons. The molecule has 2 fully saturated rings. The van der Waals surface area contributed by atoms with Crippen LogP contribution in [-0.2, 0) is 0 Å². The zero-order valence-electron chi connectivity index (χ0n) is 16.5. The molecular weight excluding hydrogens is 376 g/mol. The molecule has 0 aromatic carbocycles. The number of anilines is 2. The molecule has 150 valence electrons. The van der Waals surface area contributed by atoms with E-state index >= 15 is 0 Å². The van der Waals surface area contributed by atoms with Crippen molar-refractivity contribution in [1.82, 2.24) is 9.97 Å². The van der Waals surface area contributed by atoms with E-state index in [9.17, 15) is 0 Å². The van der Waals surface area contributed by atoms with Gasteiger partial charge in [-0.2, -0.15) is 0 Å². The Morgan fingerprint density at radius 2 is 1.82 bits per heavy atom. The summed E-state index contributed by atoms with van der Waals surface area (Å²) in [6, 6.07) is 6.02. The molecule has 2 atom stereocenters. The van der Waals surface area contributed by atoms with Crippen molar-refractivity contribution in [1.29, 1.82) is 0 Å². The van der Waals surface area contributed by atoms with Crippen LogP contribution in [0, 0.1) is 5.92 Å². The lowest BCUT2D eigenvalue weighted by molar-refractivity contribution is 0.116. The number of hydrogen-bond donors (Lipinski definition) is 0. The molecule has 4 rings (SSSR count). The van der Waals surface area contributed by atoms with Crippen molar-refractivity contribution < 1.29 is 9.47 Å². The molecule has 7 heteroatoms. The van der Waals surface area contributed by atoms with Gasteiger partial charge in [-0.15, -0.1) is 0 Å². The van der Waals surface area contributed by atoms with Crippen molar-refractivity contribution in [3.8, 4) is 11.8 Å². The number of hydrogen-bond acceptors (Lipinski definition) is 6. The van der Waals surface area contributed by atoms with Gasteiger partial charge in [0.2, 0.25) is 11.8 Å². The van der Waals surface area contributed by atoms with Gasteiger partial charge in [-0.25, -0.2) is 9.97 Å². The monoisotopic (exact) mass is 402 g/mol. The number of rotatable bonds is 5. The summed E-state index contributed by atoms with van der Waals surface area (Å²) >= 11 is 6.36. The Hall–Kier alpha value is -2.21. The van der Waals surface area contributed by atoms with Crippen LogP contribution >= 0.6 is 11.6 Å². The number of pyridine rings is 2. The van der Waals surface area contributed by atoms with Crippen molar-refractivity contribution in [2.75, 3.05) is 43.1 Å². The number of nitrogens with zero attached hydrogens (tertiary/aromatic N) is 4. The summed E-state index contributed by atoms with van der Waals surface area (Å²) in [6.07, 6.45) is 7.17. The lowest BCUT2D eigenvalue weighted by Gasteiger charge is -2.38. The Morgan fingerprint density at radius 3 is 2.50 bits per heavy atom. The van der Waals surface area contributed by atoms with Crippen molar-refractivity contribution in [3.63, 3.8) is 0 Å². The quantitative estimate of drug-likeness (QED) is 0.752. The summed E-state index contributed by atoms with van der Waals surface area (Å²) in [6.45, 7) is 6.19. The standard InChI is InChI=1S/C21H27ClN4O2/c1-15-14-26(18-11-21(27-2)24-13-17(18)22)10-7-19(15)28-20-6-5-16(12-23-20)25-8-3-4-9-25/h5-6,11-13,15,19H,3-4,7-10,14H2,1-2H3. The summed E-state index contributed by atoms with van der Waals surface area (Å²) < 4.78 is 11.5. The second kappa shape index (κ2) is 8.43. The lowest BCUT2D eigenvalue weighted by Crippen LogP contribution is -2.44. The fourth-order valence-corrected chi connectivity index (χ4v) is 4.26. The maximum atomic E-state index is 6.36. The number of piperidine rings is 1. The average Bonchev–Trinajstić information content (AvgIpc) is 3.25. The number of aromatic nitrogens is 2. The highest BCUT2D eigenvalue weighted by Crippen LogP contribution is 2.33. The first-order chi connectivity index (χ1) is 13.6. The molecule has 2 aliphatic rings. The zero-order valence-corrected chi connectivity index (χ0v) is 17.2. The van der Waals surface area contributed by atoms with E-state index in [1.54, 1.807) is 13.3 Å². The maximum absolute atomic E-state index is 6.36. The number of methoxy groups -OCH3 is 1. The minimum Gasteiger partial charge on any atom is -0.481 e. The predicted molar refractivity (Wildman–Crippen MR) is 112 cm³/mol. The predicted octanol–water partition coefficient (Wildman–Crippen LogP) is 4.03. The molecule has 4 heterocycles. The smallest absolute Gasteiger partial charge is 0.215 e. The van der Waals surface area contributed by atoms with Gasteiger partial charge in [-0.05, 0) is 18.9 Å². The highest BCUT2D eigenvalue weighted by molar-refractivity contribution is 6.33. The van der Waals surface area contributed by atoms with E-state index in [1.165, 1.54) is 18.5 Å². The van der Waals surface area contributed by atoms with Crippen LogP contribution in [0.1, 0.15) is 26.2 Å². The summed E-state index contributed by atoms with van der Waals surface area (Å²) in [5.74, 6) is 1.63. The minimum atomic E-state index is 0.142. The highest BCUT2D eigenvalue weighted by atomic mass is 35.5. The van der Waals surface area contributed by atoms with E-state index in [4.69, 9.17) is 21.1 Å². The molecular formula is C21H27ClN4O2. The molecule has 2 aromatic heterocycles. The van der Waals surface area contributed by atoms with Crippen LogP contribution in [0.25, 0.3) is 0 Å². The van der Waals surface area contributed by atoms with Crippen LogP contribution in [0.5, 0.6) is 11.8 Å². The van der Waals surface area contributed by atoms with E-state index in [2.05, 4.69) is 32.8 Å². The van der Waals surface area contributed by atoms with Gasteiger partial charge < -0.3 is 19.3 Å². The summed E-state index contributed by atoms with van der Waals surface area (Å²) in [7, 11) is 1.62. The van der Waals surface area contributed by atoms with Gasteiger partial charge >= 0.3 is 0 Å². The molecule has 0 N–H and O–H groups in total.